The summed E-state index contributed by atoms with van der Waals surface area (Å²) in [5, 5.41) is 5.60. The standard InChI is InChI=1S/C16H24FN3O2/c1-12(2)19-16(22)11-20(3)10-15(21)18-9-8-13-4-6-14(17)7-5-13/h4-7,12H,8-11H2,1-3H3,(H,18,21)(H,19,22)/p+1. The van der Waals surface area contributed by atoms with Crippen LogP contribution in [-0.2, 0) is 16.0 Å². The molecule has 5 nitrogen and oxygen atoms in total. The van der Waals surface area contributed by atoms with E-state index >= 15 is 0 Å². The number of likely N-dealkylation sites (N-methyl/N-ethyl adjacent to an activating group) is 1. The zero-order valence-corrected chi connectivity index (χ0v) is 13.4. The summed E-state index contributed by atoms with van der Waals surface area (Å²) in [6, 6.07) is 6.32. The van der Waals surface area contributed by atoms with Crippen molar-refractivity contribution in [3.8, 4) is 0 Å². The zero-order chi connectivity index (χ0) is 16.5. The number of benzene rings is 1. The van der Waals surface area contributed by atoms with Gasteiger partial charge in [0.2, 0.25) is 0 Å². The highest BCUT2D eigenvalue weighted by Crippen LogP contribution is 2.02. The number of carbonyl (C=O) groups is 2. The fraction of sp³-hybridized carbons (Fsp3) is 0.500. The molecule has 0 aliphatic rings. The van der Waals surface area contributed by atoms with Crippen LogP contribution in [-0.4, -0.2) is 44.5 Å². The minimum Gasteiger partial charge on any atom is -0.351 e. The summed E-state index contributed by atoms with van der Waals surface area (Å²) in [6.07, 6.45) is 0.652. The number of quaternary nitrogens is 1. The van der Waals surface area contributed by atoms with Crippen molar-refractivity contribution in [2.45, 2.75) is 26.3 Å². The lowest BCUT2D eigenvalue weighted by molar-refractivity contribution is -0.862. The maximum Gasteiger partial charge on any atom is 0.275 e. The normalized spacial score (nSPS) is 12.0. The van der Waals surface area contributed by atoms with E-state index in [4.69, 9.17) is 0 Å². The highest BCUT2D eigenvalue weighted by molar-refractivity contribution is 5.79. The van der Waals surface area contributed by atoms with Crippen molar-refractivity contribution < 1.29 is 18.9 Å². The molecule has 1 aromatic carbocycles. The summed E-state index contributed by atoms with van der Waals surface area (Å²) >= 11 is 0. The molecule has 6 heteroatoms. The van der Waals surface area contributed by atoms with Crippen molar-refractivity contribution in [3.63, 3.8) is 0 Å². The Labute approximate surface area is 130 Å². The second-order valence-electron chi connectivity index (χ2n) is 5.76. The number of halogens is 1. The minimum atomic E-state index is -0.266. The third kappa shape index (κ3) is 7.73. The van der Waals surface area contributed by atoms with Gasteiger partial charge in [0.05, 0.1) is 7.05 Å². The average Bonchev–Trinajstić information content (AvgIpc) is 2.39. The molecule has 0 saturated carbocycles. The van der Waals surface area contributed by atoms with Crippen LogP contribution >= 0.6 is 0 Å². The number of nitrogens with one attached hydrogen (secondary N) is 3. The van der Waals surface area contributed by atoms with Gasteiger partial charge in [0.1, 0.15) is 5.82 Å². The number of hydrogen-bond acceptors (Lipinski definition) is 2. The smallest absolute Gasteiger partial charge is 0.275 e. The monoisotopic (exact) mass is 310 g/mol. The Kier molecular flexibility index (Phi) is 7.52. The largest absolute Gasteiger partial charge is 0.351 e. The average molecular weight is 310 g/mol. The van der Waals surface area contributed by atoms with Crippen LogP contribution in [0.2, 0.25) is 0 Å². The van der Waals surface area contributed by atoms with Crippen molar-refractivity contribution in [1.29, 1.82) is 0 Å². The van der Waals surface area contributed by atoms with Gasteiger partial charge in [0, 0.05) is 12.6 Å². The first-order valence-electron chi connectivity index (χ1n) is 7.48. The lowest BCUT2D eigenvalue weighted by atomic mass is 10.1. The van der Waals surface area contributed by atoms with Gasteiger partial charge >= 0.3 is 0 Å². The van der Waals surface area contributed by atoms with E-state index in [1.807, 2.05) is 13.8 Å². The number of hydrogen-bond donors (Lipinski definition) is 3. The van der Waals surface area contributed by atoms with Gasteiger partial charge in [0.25, 0.3) is 11.8 Å². The van der Waals surface area contributed by atoms with Crippen molar-refractivity contribution in [2.75, 3.05) is 26.7 Å². The third-order valence-corrected chi connectivity index (χ3v) is 3.02. The van der Waals surface area contributed by atoms with Gasteiger partial charge < -0.3 is 15.5 Å². The molecule has 0 aliphatic heterocycles. The first-order valence-corrected chi connectivity index (χ1v) is 7.48. The predicted octanol–water partition coefficient (Wildman–Crippen LogP) is -0.476. The van der Waals surface area contributed by atoms with Crippen molar-refractivity contribution >= 4 is 11.8 Å². The molecule has 1 rings (SSSR count). The van der Waals surface area contributed by atoms with Gasteiger partial charge in [0.15, 0.2) is 13.1 Å². The summed E-state index contributed by atoms with van der Waals surface area (Å²) in [5.41, 5.74) is 0.971. The van der Waals surface area contributed by atoms with Crippen LogP contribution in [0.25, 0.3) is 0 Å². The predicted molar refractivity (Wildman–Crippen MR) is 83.0 cm³/mol. The quantitative estimate of drug-likeness (QED) is 0.607. The van der Waals surface area contributed by atoms with Crippen LogP contribution in [0.4, 0.5) is 4.39 Å². The fourth-order valence-electron chi connectivity index (χ4n) is 2.04. The molecule has 1 unspecified atom stereocenters. The maximum absolute atomic E-state index is 12.8. The molecule has 0 saturated heterocycles. The van der Waals surface area contributed by atoms with E-state index in [0.717, 1.165) is 10.5 Å². The molecule has 22 heavy (non-hydrogen) atoms. The molecule has 0 bridgehead atoms. The summed E-state index contributed by atoms with van der Waals surface area (Å²) in [5.74, 6) is -0.429. The molecular formula is C16H25FN3O2+. The highest BCUT2D eigenvalue weighted by Gasteiger charge is 2.14. The molecule has 0 radical (unpaired) electrons. The Hall–Kier alpha value is -1.95. The molecule has 0 heterocycles. The Morgan fingerprint density at radius 2 is 1.73 bits per heavy atom. The molecule has 0 aliphatic carbocycles. The van der Waals surface area contributed by atoms with Crippen molar-refractivity contribution in [2.24, 2.45) is 0 Å². The van der Waals surface area contributed by atoms with Crippen LogP contribution < -0.4 is 15.5 Å². The van der Waals surface area contributed by atoms with Crippen LogP contribution in [0.5, 0.6) is 0 Å². The van der Waals surface area contributed by atoms with E-state index in [0.29, 0.717) is 13.0 Å². The summed E-state index contributed by atoms with van der Waals surface area (Å²) in [4.78, 5) is 24.2. The molecule has 0 fully saturated rings. The Balaban J connectivity index is 2.22. The van der Waals surface area contributed by atoms with E-state index in [1.165, 1.54) is 12.1 Å². The Morgan fingerprint density at radius 1 is 1.14 bits per heavy atom. The first-order chi connectivity index (χ1) is 10.4. The molecule has 1 atom stereocenters. The number of carbonyl (C=O) groups excluding carboxylic acids is 2. The minimum absolute atomic E-state index is 0.0633. The zero-order valence-electron chi connectivity index (χ0n) is 13.4. The molecule has 0 aromatic heterocycles. The molecule has 3 N–H and O–H groups in total. The van der Waals surface area contributed by atoms with E-state index in [-0.39, 0.29) is 36.8 Å². The summed E-state index contributed by atoms with van der Waals surface area (Å²) < 4.78 is 12.8. The van der Waals surface area contributed by atoms with Crippen LogP contribution in [0.3, 0.4) is 0 Å². The molecule has 2 amide bonds. The topological polar surface area (TPSA) is 62.6 Å². The highest BCUT2D eigenvalue weighted by atomic mass is 19.1. The van der Waals surface area contributed by atoms with Gasteiger partial charge in [-0.2, -0.15) is 0 Å². The van der Waals surface area contributed by atoms with Crippen LogP contribution in [0.1, 0.15) is 19.4 Å². The van der Waals surface area contributed by atoms with E-state index < -0.39 is 0 Å². The van der Waals surface area contributed by atoms with Crippen molar-refractivity contribution in [3.05, 3.63) is 35.6 Å². The van der Waals surface area contributed by atoms with Gasteiger partial charge in [-0.15, -0.1) is 0 Å². The molecule has 122 valence electrons. The second kappa shape index (κ2) is 9.15. The lowest BCUT2D eigenvalue weighted by Crippen LogP contribution is -3.11. The number of rotatable bonds is 8. The van der Waals surface area contributed by atoms with Gasteiger partial charge in [-0.05, 0) is 38.0 Å². The first kappa shape index (κ1) is 18.1. The third-order valence-electron chi connectivity index (χ3n) is 3.02. The van der Waals surface area contributed by atoms with Gasteiger partial charge in [-0.25, -0.2) is 4.39 Å². The van der Waals surface area contributed by atoms with E-state index in [2.05, 4.69) is 10.6 Å². The van der Waals surface area contributed by atoms with Gasteiger partial charge in [-0.1, -0.05) is 12.1 Å². The van der Waals surface area contributed by atoms with Crippen LogP contribution in [0, 0.1) is 5.82 Å². The molecular weight excluding hydrogens is 285 g/mol. The van der Waals surface area contributed by atoms with E-state index in [9.17, 15) is 14.0 Å². The SMILES string of the molecule is CC(C)NC(=O)C[NH+](C)CC(=O)NCCc1ccc(F)cc1. The molecule has 1 aromatic rings. The fourth-order valence-corrected chi connectivity index (χ4v) is 2.04. The second-order valence-corrected chi connectivity index (χ2v) is 5.76. The van der Waals surface area contributed by atoms with Crippen molar-refractivity contribution in [1.82, 2.24) is 10.6 Å². The van der Waals surface area contributed by atoms with Gasteiger partial charge in [-0.3, -0.25) is 9.59 Å². The lowest BCUT2D eigenvalue weighted by Gasteiger charge is -2.14. The number of amides is 2. The van der Waals surface area contributed by atoms with Crippen LogP contribution in [0.15, 0.2) is 24.3 Å². The van der Waals surface area contributed by atoms with E-state index in [1.54, 1.807) is 19.2 Å². The Bertz CT molecular complexity index is 489. The molecule has 0 spiro atoms. The summed E-state index contributed by atoms with van der Waals surface area (Å²) in [7, 11) is 1.81. The maximum atomic E-state index is 12.8. The summed E-state index contributed by atoms with van der Waals surface area (Å²) in [6.45, 7) is 4.80. The Morgan fingerprint density at radius 3 is 2.32 bits per heavy atom.